The van der Waals surface area contributed by atoms with E-state index < -0.39 is 123 Å². The zero-order valence-electron chi connectivity index (χ0n) is 50.5. The van der Waals surface area contributed by atoms with Gasteiger partial charge >= 0.3 is 17.9 Å². The molecule has 6 rings (SSSR count). The lowest BCUT2D eigenvalue weighted by atomic mass is 9.77. The molecule has 3 aliphatic heterocycles. The number of aromatic carboxylic acids is 1. The number of aromatic nitrogens is 1. The molecule has 0 radical (unpaired) electrons. The van der Waals surface area contributed by atoms with Gasteiger partial charge in [-0.2, -0.15) is 0 Å². The van der Waals surface area contributed by atoms with Crippen LogP contribution in [-0.4, -0.2) is 227 Å². The predicted octanol–water partition coefficient (Wildman–Crippen LogP) is 4.05. The first-order valence-electron chi connectivity index (χ1n) is 29.0. The molecule has 25 heteroatoms. The summed E-state index contributed by atoms with van der Waals surface area (Å²) in [7, 11) is 7.03. The molecule has 4 fully saturated rings. The van der Waals surface area contributed by atoms with Crippen LogP contribution in [0.1, 0.15) is 117 Å². The number of cyclic esters (lactones) is 1. The van der Waals surface area contributed by atoms with E-state index in [0.717, 1.165) is 18.9 Å². The highest BCUT2D eigenvalue weighted by molar-refractivity contribution is 14.1. The van der Waals surface area contributed by atoms with Gasteiger partial charge in [-0.05, 0) is 136 Å². The zero-order chi connectivity index (χ0) is 61.5. The van der Waals surface area contributed by atoms with Crippen LogP contribution in [-0.2, 0) is 52.2 Å². The molecule has 2 aromatic rings. The van der Waals surface area contributed by atoms with Gasteiger partial charge in [0.1, 0.15) is 34.8 Å². The number of hydrogen-bond acceptors (Lipinski definition) is 21. The van der Waals surface area contributed by atoms with E-state index >= 15 is 4.39 Å². The smallest absolute Gasteiger partial charge is 0.341 e. The number of pyridine rings is 1. The molecule has 1 saturated carbocycles. The van der Waals surface area contributed by atoms with E-state index in [1.54, 1.807) is 46.1 Å². The van der Waals surface area contributed by atoms with Crippen molar-refractivity contribution in [3.8, 4) is 0 Å². The summed E-state index contributed by atoms with van der Waals surface area (Å²) in [5.74, 6) is -5.47. The topological polar surface area (TPSA) is 288 Å². The maximum absolute atomic E-state index is 15.0. The van der Waals surface area contributed by atoms with Gasteiger partial charge in [0.15, 0.2) is 22.8 Å². The summed E-state index contributed by atoms with van der Waals surface area (Å²) in [6.45, 7) is 18.1. The molecule has 1 aliphatic carbocycles. The minimum absolute atomic E-state index is 0.0163. The van der Waals surface area contributed by atoms with E-state index in [4.69, 9.17) is 42.6 Å². The van der Waals surface area contributed by atoms with Crippen molar-refractivity contribution in [2.24, 2.45) is 17.8 Å². The van der Waals surface area contributed by atoms with E-state index in [2.05, 4.69) is 10.6 Å². The molecule has 0 bridgehead atoms. The van der Waals surface area contributed by atoms with Crippen molar-refractivity contribution in [3.05, 3.63) is 39.9 Å². The Bertz CT molecular complexity index is 2540. The number of aliphatic hydroxyl groups excluding tert-OH is 2. The quantitative estimate of drug-likeness (QED) is 0.0379. The van der Waals surface area contributed by atoms with Crippen LogP contribution >= 0.6 is 22.6 Å². The minimum atomic E-state index is -1.89. The summed E-state index contributed by atoms with van der Waals surface area (Å²) >= 11 is 1.81. The fraction of sp³-hybridized carbons (Fsp3) is 0.793. The lowest BCUT2D eigenvalue weighted by Crippen LogP contribution is -2.61. The Morgan fingerprint density at radius 1 is 0.916 bits per heavy atom. The van der Waals surface area contributed by atoms with E-state index in [-0.39, 0.29) is 87.4 Å². The number of esters is 2. The zero-order valence-corrected chi connectivity index (χ0v) is 52.7. The number of rotatable bonds is 22. The van der Waals surface area contributed by atoms with Crippen molar-refractivity contribution >= 4 is 57.1 Å². The predicted molar refractivity (Wildman–Crippen MR) is 313 cm³/mol. The van der Waals surface area contributed by atoms with Crippen molar-refractivity contribution in [2.45, 2.75) is 195 Å². The Balaban J connectivity index is 1.03. The van der Waals surface area contributed by atoms with Gasteiger partial charge in [-0.15, -0.1) is 0 Å². The summed E-state index contributed by atoms with van der Waals surface area (Å²) in [5.41, 5.74) is -5.17. The number of benzene rings is 1. The first kappa shape index (κ1) is 68.8. The lowest BCUT2D eigenvalue weighted by molar-refractivity contribution is -0.318. The van der Waals surface area contributed by atoms with Gasteiger partial charge in [-0.1, -0.05) is 13.8 Å². The van der Waals surface area contributed by atoms with Crippen LogP contribution in [0.3, 0.4) is 0 Å². The van der Waals surface area contributed by atoms with Gasteiger partial charge < -0.3 is 93.2 Å². The summed E-state index contributed by atoms with van der Waals surface area (Å²) in [5, 5.41) is 63.4. The van der Waals surface area contributed by atoms with Gasteiger partial charge in [0, 0.05) is 75.3 Å². The number of ether oxygens (including phenoxy) is 9. The second kappa shape index (κ2) is 29.6. The van der Waals surface area contributed by atoms with Crippen LogP contribution in [0.2, 0.25) is 0 Å². The number of likely N-dealkylation sites (N-methyl/N-ethyl adjacent to an activating group) is 2. The van der Waals surface area contributed by atoms with Crippen LogP contribution in [0, 0.1) is 23.6 Å². The highest BCUT2D eigenvalue weighted by Crippen LogP contribution is 2.42. The SMILES string of the molecule is CO[C@]1(C)C[C@H](O[C@H]2[C@H](C)[C@@H](O[C@@H]3O[C@H](C)C[C@H](N(C)C)[C@H]3O)[C@](C)(O)C[C@@H](C)CN(C)[C@H](C)[C@@H](O)[C@](C)(O)[C@@H](I)OC(=O)[C@@H]2C)O[C@@H](C)[C@@H]1OC(=O)CCNCCOCCOCCNc1cc2c(cc1F)c(=O)c(C(=O)O)cn2C1CC1. The highest BCUT2D eigenvalue weighted by atomic mass is 127. The van der Waals surface area contributed by atoms with Gasteiger partial charge in [0.2, 0.25) is 5.43 Å². The molecule has 0 amide bonds. The number of methoxy groups -OCH3 is 1. The van der Waals surface area contributed by atoms with E-state index in [0.29, 0.717) is 31.6 Å². The van der Waals surface area contributed by atoms with Crippen LogP contribution in [0.25, 0.3) is 10.9 Å². The Morgan fingerprint density at radius 2 is 1.58 bits per heavy atom. The molecular formula is C58H93FIN5O18. The van der Waals surface area contributed by atoms with Crippen molar-refractivity contribution in [1.82, 2.24) is 19.7 Å². The molecule has 18 atom stereocenters. The molecule has 23 nitrogen and oxygen atoms in total. The Hall–Kier alpha value is -3.26. The molecule has 3 saturated heterocycles. The van der Waals surface area contributed by atoms with E-state index in [9.17, 15) is 44.7 Å². The Labute approximate surface area is 500 Å². The number of nitrogens with zero attached hydrogens (tertiary/aromatic N) is 3. The summed E-state index contributed by atoms with van der Waals surface area (Å²) in [6.07, 6.45) is -5.20. The normalized spacial score (nSPS) is 36.3. The third kappa shape index (κ3) is 17.3. The first-order chi connectivity index (χ1) is 38.9. The van der Waals surface area contributed by atoms with Crippen molar-refractivity contribution in [2.75, 3.05) is 86.2 Å². The van der Waals surface area contributed by atoms with Crippen molar-refractivity contribution in [3.63, 3.8) is 0 Å². The average Bonchev–Trinajstić information content (AvgIpc) is 4.40. The number of alkyl halides is 1. The van der Waals surface area contributed by atoms with Crippen molar-refractivity contribution < 1.29 is 86.9 Å². The third-order valence-electron chi connectivity index (χ3n) is 17.0. The number of carbonyl (C=O) groups excluding carboxylic acids is 2. The number of nitrogens with one attached hydrogen (secondary N) is 2. The molecule has 0 unspecified atom stereocenters. The number of halogens is 2. The second-order valence-electron chi connectivity index (χ2n) is 24.4. The fourth-order valence-corrected chi connectivity index (χ4v) is 12.5. The number of aliphatic hydroxyl groups is 4. The van der Waals surface area contributed by atoms with Crippen LogP contribution in [0.15, 0.2) is 23.1 Å². The number of carboxylic acids is 1. The Morgan fingerprint density at radius 3 is 2.20 bits per heavy atom. The van der Waals surface area contributed by atoms with Gasteiger partial charge in [0.05, 0.1) is 80.0 Å². The number of carbonyl (C=O) groups is 3. The van der Waals surface area contributed by atoms with Crippen LogP contribution < -0.4 is 16.1 Å². The van der Waals surface area contributed by atoms with E-state index in [1.807, 2.05) is 67.4 Å². The number of hydrogen-bond donors (Lipinski definition) is 7. The largest absolute Gasteiger partial charge is 0.477 e. The molecule has 1 aromatic heterocycles. The minimum Gasteiger partial charge on any atom is -0.477 e. The second-order valence-corrected chi connectivity index (χ2v) is 25.5. The molecular weight excluding hydrogens is 1200 g/mol. The summed E-state index contributed by atoms with van der Waals surface area (Å²) in [6, 6.07) is 1.73. The van der Waals surface area contributed by atoms with Crippen molar-refractivity contribution in [1.29, 1.82) is 0 Å². The summed E-state index contributed by atoms with van der Waals surface area (Å²) < 4.78 is 71.4. The van der Waals surface area contributed by atoms with Gasteiger partial charge in [0.25, 0.3) is 0 Å². The number of fused-ring (bicyclic) bond motifs is 1. The van der Waals surface area contributed by atoms with Gasteiger partial charge in [-0.3, -0.25) is 14.4 Å². The average molecular weight is 1290 g/mol. The number of carboxylic acid groups (broad SMARTS) is 1. The lowest BCUT2D eigenvalue weighted by Gasteiger charge is -2.49. The van der Waals surface area contributed by atoms with Gasteiger partial charge in [-0.25, -0.2) is 9.18 Å². The Kier molecular flexibility index (Phi) is 24.6. The van der Waals surface area contributed by atoms with Crippen LogP contribution in [0.4, 0.5) is 10.1 Å². The maximum Gasteiger partial charge on any atom is 0.341 e. The van der Waals surface area contributed by atoms with Crippen LogP contribution in [0.5, 0.6) is 0 Å². The molecule has 83 heavy (non-hydrogen) atoms. The standard InChI is InChI=1S/C58H93FIN5O18/c1-31-27-56(7,73)50(82-54-47(68)43(63(10)11)24-32(2)78-54)33(3)48(34(4)53(72)83-55(60)58(9,74)49(69)35(5)64(12)29-31)81-45-28-57(8,75-13)51(36(6)79-45)80-44(66)16-17-61-18-20-76-22-23-77-21-19-62-41-26-42-38(25-40(41)59)46(67)39(52(70)71)30-65(42)37-14-15-37/h25-26,30-37,43,45,47-51,54-55,61-62,68-69,73-74H,14-24,27-29H2,1-13H3,(H,70,71)/t31-,32-,33+,34-,35-,36+,43+,45+,47-,48+,49-,50-,51+,54+,55+,56-,57-,58+/m1/s1. The maximum atomic E-state index is 15.0. The third-order valence-corrected chi connectivity index (χ3v) is 18.5. The highest BCUT2D eigenvalue weighted by Gasteiger charge is 2.54. The molecule has 4 aliphatic rings. The molecule has 0 spiro atoms. The number of anilines is 1. The van der Waals surface area contributed by atoms with E-state index in [1.165, 1.54) is 26.3 Å². The molecule has 7 N–H and O–H groups in total. The monoisotopic (exact) mass is 1290 g/mol. The molecule has 4 heterocycles. The summed E-state index contributed by atoms with van der Waals surface area (Å²) in [4.78, 5) is 56.1. The first-order valence-corrected chi connectivity index (χ1v) is 30.3. The molecule has 472 valence electrons. The fourth-order valence-electron chi connectivity index (χ4n) is 11.9. The molecule has 1 aromatic carbocycles.